The topological polar surface area (TPSA) is 83.8 Å². The highest BCUT2D eigenvalue weighted by molar-refractivity contribution is 5.90. The van der Waals surface area contributed by atoms with E-state index in [4.69, 9.17) is 5.73 Å². The second-order valence-corrected chi connectivity index (χ2v) is 6.79. The normalized spacial score (nSPS) is 12.3. The third-order valence-corrected chi connectivity index (χ3v) is 3.25. The van der Waals surface area contributed by atoms with Gasteiger partial charge in [-0.25, -0.2) is 0 Å². The molecule has 1 amide bonds. The van der Waals surface area contributed by atoms with E-state index < -0.39 is 0 Å². The van der Waals surface area contributed by atoms with Crippen molar-refractivity contribution in [1.29, 1.82) is 0 Å². The van der Waals surface area contributed by atoms with Gasteiger partial charge in [-0.15, -0.1) is 12.4 Å². The quantitative estimate of drug-likeness (QED) is 0.781. The van der Waals surface area contributed by atoms with Crippen LogP contribution < -0.4 is 11.1 Å². The fourth-order valence-electron chi connectivity index (χ4n) is 2.30. The van der Waals surface area contributed by atoms with E-state index >= 15 is 0 Å². The summed E-state index contributed by atoms with van der Waals surface area (Å²) in [5.41, 5.74) is 8.18. The summed E-state index contributed by atoms with van der Waals surface area (Å²) < 4.78 is 0. The van der Waals surface area contributed by atoms with Crippen LogP contribution in [0.25, 0.3) is 0 Å². The maximum Gasteiger partial charge on any atom is 0.227 e. The monoisotopic (exact) mass is 336 g/mol. The number of carbonyl (C=O) groups excluding carboxylic acids is 1. The molecule has 0 saturated carbocycles. The number of hydrogen-bond acceptors (Lipinski definition) is 3. The second kappa shape index (κ2) is 8.13. The Bertz CT molecular complexity index is 619. The maximum absolute atomic E-state index is 12.0. The molecule has 0 aliphatic carbocycles. The Balaban J connectivity index is 0.00000264. The Hall–Kier alpha value is -1.85. The first-order valence-corrected chi connectivity index (χ1v) is 7.48. The SMILES string of the molecule is CC(C)(C)Cc1cc(NC(=O)CC(N)c2ccccc2)n[nH]1.Cl. The number of nitrogens with one attached hydrogen (secondary N) is 2. The van der Waals surface area contributed by atoms with Crippen molar-refractivity contribution >= 4 is 24.1 Å². The van der Waals surface area contributed by atoms with Gasteiger partial charge in [0.05, 0.1) is 0 Å². The number of nitrogens with two attached hydrogens (primary N) is 1. The van der Waals surface area contributed by atoms with E-state index in [0.717, 1.165) is 17.7 Å². The minimum Gasteiger partial charge on any atom is -0.324 e. The van der Waals surface area contributed by atoms with Gasteiger partial charge >= 0.3 is 0 Å². The van der Waals surface area contributed by atoms with E-state index in [2.05, 4.69) is 36.3 Å². The minimum atomic E-state index is -0.311. The largest absolute Gasteiger partial charge is 0.324 e. The maximum atomic E-state index is 12.0. The van der Waals surface area contributed by atoms with E-state index in [0.29, 0.717) is 5.82 Å². The number of aromatic amines is 1. The van der Waals surface area contributed by atoms with Crippen LogP contribution in [0.4, 0.5) is 5.82 Å². The third kappa shape index (κ3) is 6.42. The van der Waals surface area contributed by atoms with E-state index in [1.807, 2.05) is 36.4 Å². The molecule has 1 unspecified atom stereocenters. The summed E-state index contributed by atoms with van der Waals surface area (Å²) in [6.45, 7) is 6.47. The van der Waals surface area contributed by atoms with E-state index in [1.54, 1.807) is 0 Å². The molecule has 1 aromatic heterocycles. The number of H-pyrrole nitrogens is 1. The third-order valence-electron chi connectivity index (χ3n) is 3.25. The molecule has 126 valence electrons. The van der Waals surface area contributed by atoms with Gasteiger partial charge < -0.3 is 11.1 Å². The fraction of sp³-hybridized carbons (Fsp3) is 0.412. The summed E-state index contributed by atoms with van der Waals surface area (Å²) in [6.07, 6.45) is 1.10. The molecule has 0 spiro atoms. The van der Waals surface area contributed by atoms with Gasteiger partial charge in [0.25, 0.3) is 0 Å². The number of aromatic nitrogens is 2. The number of rotatable bonds is 5. The number of amides is 1. The highest BCUT2D eigenvalue weighted by atomic mass is 35.5. The van der Waals surface area contributed by atoms with Crippen LogP contribution in [-0.4, -0.2) is 16.1 Å². The molecule has 2 aromatic rings. The highest BCUT2D eigenvalue weighted by Gasteiger charge is 2.15. The van der Waals surface area contributed by atoms with Crippen molar-refractivity contribution in [3.63, 3.8) is 0 Å². The fourth-order valence-corrected chi connectivity index (χ4v) is 2.30. The lowest BCUT2D eigenvalue weighted by atomic mass is 9.91. The summed E-state index contributed by atoms with van der Waals surface area (Å²) in [7, 11) is 0. The Labute approximate surface area is 143 Å². The van der Waals surface area contributed by atoms with Gasteiger partial charge in [-0.2, -0.15) is 5.10 Å². The molecule has 4 N–H and O–H groups in total. The van der Waals surface area contributed by atoms with Gasteiger partial charge in [0.1, 0.15) is 0 Å². The Morgan fingerprint density at radius 1 is 1.30 bits per heavy atom. The molecule has 23 heavy (non-hydrogen) atoms. The smallest absolute Gasteiger partial charge is 0.227 e. The van der Waals surface area contributed by atoms with Gasteiger partial charge in [-0.3, -0.25) is 9.89 Å². The summed E-state index contributed by atoms with van der Waals surface area (Å²) in [6, 6.07) is 11.2. The number of nitrogens with zero attached hydrogens (tertiary/aromatic N) is 1. The van der Waals surface area contributed by atoms with Crippen LogP contribution in [0.5, 0.6) is 0 Å². The molecule has 1 heterocycles. The van der Waals surface area contributed by atoms with Crippen molar-refractivity contribution in [3.05, 3.63) is 47.7 Å². The number of anilines is 1. The van der Waals surface area contributed by atoms with Crippen molar-refractivity contribution in [1.82, 2.24) is 10.2 Å². The molecule has 1 atom stereocenters. The van der Waals surface area contributed by atoms with Crippen LogP contribution in [0.3, 0.4) is 0 Å². The van der Waals surface area contributed by atoms with Crippen LogP contribution in [-0.2, 0) is 11.2 Å². The lowest BCUT2D eigenvalue weighted by Crippen LogP contribution is -2.20. The van der Waals surface area contributed by atoms with Crippen LogP contribution in [0.2, 0.25) is 0 Å². The predicted molar refractivity (Wildman–Crippen MR) is 95.6 cm³/mol. The Morgan fingerprint density at radius 2 is 1.96 bits per heavy atom. The Kier molecular flexibility index (Phi) is 6.79. The van der Waals surface area contributed by atoms with Crippen molar-refractivity contribution in [3.8, 4) is 0 Å². The van der Waals surface area contributed by atoms with Crippen LogP contribution in [0.15, 0.2) is 36.4 Å². The molecule has 5 nitrogen and oxygen atoms in total. The predicted octanol–water partition coefficient (Wildman–Crippen LogP) is 3.45. The second-order valence-electron chi connectivity index (χ2n) is 6.79. The van der Waals surface area contributed by atoms with Gasteiger partial charge in [0.15, 0.2) is 5.82 Å². The molecular formula is C17H25ClN4O. The lowest BCUT2D eigenvalue weighted by molar-refractivity contribution is -0.116. The van der Waals surface area contributed by atoms with E-state index in [9.17, 15) is 4.79 Å². The lowest BCUT2D eigenvalue weighted by Gasteiger charge is -2.15. The Morgan fingerprint density at radius 3 is 2.57 bits per heavy atom. The molecule has 1 aromatic carbocycles. The molecule has 0 aliphatic heterocycles. The zero-order valence-corrected chi connectivity index (χ0v) is 14.6. The highest BCUT2D eigenvalue weighted by Crippen LogP contribution is 2.21. The zero-order chi connectivity index (χ0) is 16.2. The van der Waals surface area contributed by atoms with Crippen molar-refractivity contribution in [2.45, 2.75) is 39.7 Å². The first-order valence-electron chi connectivity index (χ1n) is 7.48. The average molecular weight is 337 g/mol. The average Bonchev–Trinajstić information content (AvgIpc) is 2.84. The first kappa shape index (κ1) is 19.2. The molecule has 0 fully saturated rings. The van der Waals surface area contributed by atoms with E-state index in [1.165, 1.54) is 0 Å². The molecule has 0 aliphatic rings. The summed E-state index contributed by atoms with van der Waals surface area (Å²) in [5.74, 6) is 0.412. The van der Waals surface area contributed by atoms with Crippen molar-refractivity contribution < 1.29 is 4.79 Å². The van der Waals surface area contributed by atoms with Crippen molar-refractivity contribution in [2.75, 3.05) is 5.32 Å². The van der Waals surface area contributed by atoms with Gasteiger partial charge in [0, 0.05) is 24.2 Å². The van der Waals surface area contributed by atoms with Crippen LogP contribution in [0.1, 0.15) is 44.5 Å². The van der Waals surface area contributed by atoms with Crippen molar-refractivity contribution in [2.24, 2.45) is 11.1 Å². The first-order chi connectivity index (χ1) is 10.3. The molecule has 0 bridgehead atoms. The molecule has 0 saturated heterocycles. The number of carbonyl (C=O) groups is 1. The number of halogens is 1. The minimum absolute atomic E-state index is 0. The van der Waals surface area contributed by atoms with Gasteiger partial charge in [0.2, 0.25) is 5.91 Å². The van der Waals surface area contributed by atoms with Gasteiger partial charge in [-0.05, 0) is 17.4 Å². The summed E-state index contributed by atoms with van der Waals surface area (Å²) in [5, 5.41) is 9.87. The molecule has 2 rings (SSSR count). The summed E-state index contributed by atoms with van der Waals surface area (Å²) in [4.78, 5) is 12.0. The molecule has 0 radical (unpaired) electrons. The summed E-state index contributed by atoms with van der Waals surface area (Å²) >= 11 is 0. The number of benzene rings is 1. The van der Waals surface area contributed by atoms with Gasteiger partial charge in [-0.1, -0.05) is 51.1 Å². The molecular weight excluding hydrogens is 312 g/mol. The van der Waals surface area contributed by atoms with E-state index in [-0.39, 0.29) is 36.2 Å². The van der Waals surface area contributed by atoms with Crippen LogP contribution >= 0.6 is 12.4 Å². The molecule has 6 heteroatoms. The number of hydrogen-bond donors (Lipinski definition) is 3. The standard InChI is InChI=1S/C17H24N4O.ClH/c1-17(2,3)11-13-9-15(21-20-13)19-16(22)10-14(18)12-7-5-4-6-8-12;/h4-9,14H,10-11,18H2,1-3H3,(H2,19,20,21,22);1H. The zero-order valence-electron chi connectivity index (χ0n) is 13.8. The van der Waals surface area contributed by atoms with Crippen LogP contribution in [0, 0.1) is 5.41 Å².